The molecule has 147 heavy (non-hydrogen) atoms. The summed E-state index contributed by atoms with van der Waals surface area (Å²) in [6.45, 7) is 91.2. The van der Waals surface area contributed by atoms with Gasteiger partial charge in [0.25, 0.3) is 0 Å². The van der Waals surface area contributed by atoms with Gasteiger partial charge in [-0.1, -0.05) is 511 Å². The van der Waals surface area contributed by atoms with Crippen molar-refractivity contribution in [3.8, 4) is 23.0 Å². The summed E-state index contributed by atoms with van der Waals surface area (Å²) in [5.41, 5.74) is 20.6. The van der Waals surface area contributed by atoms with Gasteiger partial charge in [0.05, 0.1) is 13.2 Å². The maximum Gasteiger partial charge on any atom is 0.231 e. The fourth-order valence-electron chi connectivity index (χ4n) is 14.0. The topological polar surface area (TPSA) is 74.7 Å². The number of rotatable bonds is 0. The fraction of sp³-hybridized carbons (Fsp3) is 0.507. The van der Waals surface area contributed by atoms with Gasteiger partial charge in [-0.3, -0.25) is 9.97 Å². The molecular formula is C138H231N3O4S2. The molecule has 22 rings (SSSR count). The van der Waals surface area contributed by atoms with Crippen LogP contribution in [0.1, 0.15) is 422 Å². The Balaban J connectivity index is -0.000000148. The summed E-state index contributed by atoms with van der Waals surface area (Å²) in [5, 5.41) is 5.92. The molecule has 0 spiro atoms. The van der Waals surface area contributed by atoms with Crippen molar-refractivity contribution in [3.63, 3.8) is 0 Å². The third-order valence-electron chi connectivity index (χ3n) is 19.5. The van der Waals surface area contributed by atoms with Gasteiger partial charge < -0.3 is 24.3 Å². The van der Waals surface area contributed by atoms with E-state index in [4.69, 9.17) is 18.9 Å². The molecule has 834 valence electrons. The van der Waals surface area contributed by atoms with Crippen molar-refractivity contribution in [2.24, 2.45) is 0 Å². The first kappa shape index (κ1) is 160. The standard InChI is InChI=1S/C10H12.C10H8.C9H10O.C9H10S.C9H10.3C8H9N.C8H8O.C8H8S.C7H6O2.22C2H6/c2*1-2-6-10-8-4-3-7-9(10)5-1;2*1-2-6-9-8(4-1)5-3-7-10-9;1-2-5-9-7-3-6-8(9)4-1;1-3-7-4-2-6-9-8(7)5-1;1-2-7-4-5-9-6-8(7)3-1;3*1-2-4-8-7(3-1)5-6-9-8;1-2-4-7-6(3-1)8-5-9-7;22*1-2/h1-2,5-6H,3-4,7-8H2;1-8H;2*1-2,4,6H,3,5,7H2;1-2,4-5H,3,6-7H2;2,4,6H,1,3,5H2;4-6H,1-3H2;1-4,9H,5-6H2;2*1-4H,5-6H2;1-4H,5H2;22*1-2H3. The summed E-state index contributed by atoms with van der Waals surface area (Å²) in [6, 6.07) is 90.4. The smallest absolute Gasteiger partial charge is 0.231 e. The molecule has 1 N–H and O–H groups in total. The molecule has 12 aromatic rings. The highest BCUT2D eigenvalue weighted by Crippen LogP contribution is 2.33. The zero-order chi connectivity index (χ0) is 114. The van der Waals surface area contributed by atoms with Gasteiger partial charge in [0.15, 0.2) is 11.5 Å². The molecule has 9 heteroatoms. The molecule has 8 heterocycles. The van der Waals surface area contributed by atoms with E-state index in [1.165, 1.54) is 198 Å². The van der Waals surface area contributed by atoms with Gasteiger partial charge in [-0.2, -0.15) is 0 Å². The number of anilines is 1. The number of fused-ring (bicyclic) bond motifs is 11. The van der Waals surface area contributed by atoms with Crippen LogP contribution in [-0.2, 0) is 83.5 Å². The van der Waals surface area contributed by atoms with Crippen LogP contribution in [0.15, 0.2) is 289 Å². The van der Waals surface area contributed by atoms with Gasteiger partial charge in [-0.05, 0) is 260 Å². The number of ether oxygens (including phenoxy) is 4. The highest BCUT2D eigenvalue weighted by Gasteiger charge is 2.15. The molecule has 10 aromatic carbocycles. The van der Waals surface area contributed by atoms with Crippen molar-refractivity contribution in [2.45, 2.75) is 443 Å². The Hall–Kier alpha value is -9.54. The van der Waals surface area contributed by atoms with E-state index in [-0.39, 0.29) is 0 Å². The normalized spacial score (nSPS) is 11.3. The van der Waals surface area contributed by atoms with Crippen molar-refractivity contribution in [1.82, 2.24) is 9.97 Å². The summed E-state index contributed by atoms with van der Waals surface area (Å²) in [7, 11) is 0. The molecule has 0 amide bonds. The van der Waals surface area contributed by atoms with Crippen LogP contribution in [0, 0.1) is 0 Å². The Morgan fingerprint density at radius 1 is 0.204 bits per heavy atom. The molecule has 0 fully saturated rings. The molecule has 0 bridgehead atoms. The van der Waals surface area contributed by atoms with Crippen LogP contribution in [0.25, 0.3) is 10.8 Å². The Kier molecular flexibility index (Phi) is 144. The van der Waals surface area contributed by atoms with Crippen LogP contribution in [0.4, 0.5) is 5.69 Å². The van der Waals surface area contributed by atoms with Crippen LogP contribution < -0.4 is 24.3 Å². The average molecular weight is 2060 g/mol. The molecule has 0 radical (unpaired) electrons. The lowest BCUT2D eigenvalue weighted by Crippen LogP contribution is -2.07. The first-order chi connectivity index (χ1) is 73.1. The molecule has 6 aliphatic heterocycles. The summed E-state index contributed by atoms with van der Waals surface area (Å²) >= 11 is 3.96. The quantitative estimate of drug-likeness (QED) is 0.160. The SMILES string of the molecule is CC.CC.CC.CC.CC.CC.CC.CC.CC.CC.CC.CC.CC.CC.CC.CC.CC.CC.CC.CC.CC.CC.c1cc2c(cn1)CCC2.c1ccc2c(c1)CCC2.c1ccc2c(c1)CCCC2.c1ccc2c(c1)CCCO2.c1ccc2c(c1)CCCS2.c1ccc2c(c1)CCN2.c1ccc2c(c1)CCO2.c1ccc2c(c1)CCS2.c1ccc2c(c1)OCO2.c1ccc2ccccc2c1.c1cnc2c(c1)CCC2. The average Bonchev–Trinajstić information content (AvgIpc) is 1.41. The van der Waals surface area contributed by atoms with Crippen molar-refractivity contribution in [2.75, 3.05) is 43.4 Å². The number of pyridine rings is 2. The van der Waals surface area contributed by atoms with Gasteiger partial charge >= 0.3 is 0 Å². The number of aryl methyl sites for hydroxylation is 11. The molecular weight excluding hydrogens is 1830 g/mol. The lowest BCUT2D eigenvalue weighted by atomic mass is 9.92. The first-order valence-corrected chi connectivity index (χ1v) is 61.5. The van der Waals surface area contributed by atoms with Crippen molar-refractivity contribution in [1.29, 1.82) is 0 Å². The minimum atomic E-state index is 0.360. The number of aromatic nitrogens is 2. The second kappa shape index (κ2) is 133. The lowest BCUT2D eigenvalue weighted by Gasteiger charge is -2.15. The fourth-order valence-corrected chi connectivity index (χ4v) is 16.1. The third kappa shape index (κ3) is 74.9. The second-order valence-electron chi connectivity index (χ2n) is 26.6. The Labute approximate surface area is 923 Å². The molecule has 10 aliphatic rings. The van der Waals surface area contributed by atoms with Gasteiger partial charge in [-0.25, -0.2) is 0 Å². The molecule has 0 atom stereocenters. The molecule has 4 aliphatic carbocycles. The number of nitrogens with one attached hydrogen (secondary N) is 1. The molecule has 0 unspecified atom stereocenters. The maximum atomic E-state index is 5.42. The third-order valence-corrected chi connectivity index (χ3v) is 21.8. The van der Waals surface area contributed by atoms with E-state index in [9.17, 15) is 0 Å². The van der Waals surface area contributed by atoms with Crippen LogP contribution in [0.2, 0.25) is 0 Å². The minimum Gasteiger partial charge on any atom is -0.493 e. The summed E-state index contributed by atoms with van der Waals surface area (Å²) < 4.78 is 20.9. The van der Waals surface area contributed by atoms with Crippen molar-refractivity contribution < 1.29 is 18.9 Å². The van der Waals surface area contributed by atoms with Gasteiger partial charge in [-0.15, -0.1) is 23.5 Å². The van der Waals surface area contributed by atoms with Crippen LogP contribution in [0.3, 0.4) is 0 Å². The zero-order valence-electron chi connectivity index (χ0n) is 104. The van der Waals surface area contributed by atoms with Crippen LogP contribution >= 0.6 is 23.5 Å². The van der Waals surface area contributed by atoms with E-state index < -0.39 is 0 Å². The lowest BCUT2D eigenvalue weighted by molar-refractivity contribution is 0.174. The Morgan fingerprint density at radius 3 is 0.898 bits per heavy atom. The number of hydrogen-bond donors (Lipinski definition) is 1. The predicted molar refractivity (Wildman–Crippen MR) is 681 cm³/mol. The van der Waals surface area contributed by atoms with Crippen molar-refractivity contribution in [3.05, 3.63) is 352 Å². The van der Waals surface area contributed by atoms with E-state index in [2.05, 4.69) is 215 Å². The molecule has 0 saturated heterocycles. The van der Waals surface area contributed by atoms with E-state index in [0.29, 0.717) is 6.79 Å². The van der Waals surface area contributed by atoms with Gasteiger partial charge in [0, 0.05) is 58.5 Å². The molecule has 7 nitrogen and oxygen atoms in total. The highest BCUT2D eigenvalue weighted by atomic mass is 32.2. The largest absolute Gasteiger partial charge is 0.493 e. The first-order valence-electron chi connectivity index (χ1n) is 59.5. The number of nitrogens with zero attached hydrogens (tertiary/aromatic N) is 2. The van der Waals surface area contributed by atoms with Gasteiger partial charge in [0.2, 0.25) is 6.79 Å². The van der Waals surface area contributed by atoms with E-state index >= 15 is 0 Å². The second-order valence-corrected chi connectivity index (χ2v) is 28.9. The van der Waals surface area contributed by atoms with Crippen LogP contribution in [0.5, 0.6) is 23.0 Å². The number of benzene rings is 10. The predicted octanol–water partition coefficient (Wildman–Crippen LogP) is 45.1. The monoisotopic (exact) mass is 2060 g/mol. The highest BCUT2D eigenvalue weighted by molar-refractivity contribution is 7.99. The molecule has 2 aromatic heterocycles. The summed E-state index contributed by atoms with van der Waals surface area (Å²) in [4.78, 5) is 11.3. The van der Waals surface area contributed by atoms with Crippen LogP contribution in [-0.4, -0.2) is 48.0 Å². The number of hydrogen-bond acceptors (Lipinski definition) is 9. The summed E-state index contributed by atoms with van der Waals surface area (Å²) in [5.74, 6) is 6.41. The van der Waals surface area contributed by atoms with E-state index in [1.807, 2.05) is 407 Å². The van der Waals surface area contributed by atoms with Crippen molar-refractivity contribution >= 4 is 40.0 Å². The van der Waals surface area contributed by atoms with E-state index in [0.717, 1.165) is 55.6 Å². The van der Waals surface area contributed by atoms with E-state index in [1.54, 1.807) is 27.8 Å². The maximum absolute atomic E-state index is 5.42. The van der Waals surface area contributed by atoms with Gasteiger partial charge in [0.1, 0.15) is 11.5 Å². The molecule has 0 saturated carbocycles. The number of thioether (sulfide) groups is 2. The summed E-state index contributed by atoms with van der Waals surface area (Å²) in [6.07, 6.45) is 31.1. The zero-order valence-corrected chi connectivity index (χ0v) is 105. The Morgan fingerprint density at radius 2 is 0.503 bits per heavy atom. The number of para-hydroxylation sites is 5. The Bertz CT molecular complexity index is 3630. The minimum absolute atomic E-state index is 0.360.